The Kier molecular flexibility index (Phi) is 4.76. The van der Waals surface area contributed by atoms with Gasteiger partial charge in [-0.25, -0.2) is 0 Å². The minimum atomic E-state index is -4.29. The molecule has 0 aliphatic carbocycles. The predicted octanol–water partition coefficient (Wildman–Crippen LogP) is 6.53. The lowest BCUT2D eigenvalue weighted by Crippen LogP contribution is -2.03. The predicted molar refractivity (Wildman–Crippen MR) is 93.3 cm³/mol. The van der Waals surface area contributed by atoms with Gasteiger partial charge in [0.2, 0.25) is 0 Å². The zero-order valence-corrected chi connectivity index (χ0v) is 14.0. The van der Waals surface area contributed by atoms with E-state index in [-0.39, 0.29) is 0 Å². The van der Waals surface area contributed by atoms with Crippen LogP contribution in [0.5, 0.6) is 0 Å². The van der Waals surface area contributed by atoms with Gasteiger partial charge in [0.25, 0.3) is 0 Å². The van der Waals surface area contributed by atoms with Crippen LogP contribution in [0.2, 0.25) is 0 Å². The van der Waals surface area contributed by atoms with Crippen molar-refractivity contribution in [2.45, 2.75) is 25.9 Å². The van der Waals surface area contributed by atoms with E-state index < -0.39 is 11.7 Å². The minimum absolute atomic E-state index is 0.608. The molecule has 1 heterocycles. The monoisotopic (exact) mass is 346 g/mol. The van der Waals surface area contributed by atoms with Gasteiger partial charge in [-0.15, -0.1) is 11.3 Å². The third kappa shape index (κ3) is 3.88. The van der Waals surface area contributed by atoms with Crippen LogP contribution in [0.4, 0.5) is 13.2 Å². The molecule has 3 rings (SSSR count). The third-order valence-electron chi connectivity index (χ3n) is 4.00. The van der Waals surface area contributed by atoms with Gasteiger partial charge in [0.05, 0.1) is 5.56 Å². The molecule has 0 spiro atoms. The summed E-state index contributed by atoms with van der Waals surface area (Å²) < 4.78 is 38.0. The summed E-state index contributed by atoms with van der Waals surface area (Å²) in [7, 11) is 0. The van der Waals surface area contributed by atoms with Crippen molar-refractivity contribution in [3.63, 3.8) is 0 Å². The van der Waals surface area contributed by atoms with Gasteiger partial charge in [-0.3, -0.25) is 0 Å². The van der Waals surface area contributed by atoms with E-state index >= 15 is 0 Å². The molecule has 124 valence electrons. The molecule has 0 saturated carbocycles. The van der Waals surface area contributed by atoms with Gasteiger partial charge >= 0.3 is 6.18 Å². The van der Waals surface area contributed by atoms with E-state index in [9.17, 15) is 13.2 Å². The fourth-order valence-electron chi connectivity index (χ4n) is 2.64. The third-order valence-corrected chi connectivity index (χ3v) is 5.35. The number of alkyl halides is 3. The molecule has 0 atom stereocenters. The molecule has 0 aliphatic rings. The smallest absolute Gasteiger partial charge is 0.166 e. The number of rotatable bonds is 4. The molecular weight excluding hydrogens is 329 g/mol. The maximum atomic E-state index is 12.7. The lowest BCUT2D eigenvalue weighted by Gasteiger charge is -2.06. The average Bonchev–Trinajstić information content (AvgIpc) is 2.94. The fraction of sp³-hybridized carbons (Fsp3) is 0.200. The molecule has 0 nitrogen and oxygen atoms in total. The molecule has 0 radical (unpaired) electrons. The molecule has 0 amide bonds. The first-order chi connectivity index (χ1) is 11.4. The van der Waals surface area contributed by atoms with Gasteiger partial charge < -0.3 is 0 Å². The average molecular weight is 346 g/mol. The van der Waals surface area contributed by atoms with Crippen molar-refractivity contribution in [1.29, 1.82) is 0 Å². The minimum Gasteiger partial charge on any atom is -0.166 e. The van der Waals surface area contributed by atoms with Crippen molar-refractivity contribution in [3.8, 4) is 10.4 Å². The van der Waals surface area contributed by atoms with Crippen LogP contribution in [-0.4, -0.2) is 0 Å². The van der Waals surface area contributed by atoms with Crippen molar-refractivity contribution in [1.82, 2.24) is 0 Å². The number of thiophene rings is 1. The molecule has 0 fully saturated rings. The number of hydrogen-bond acceptors (Lipinski definition) is 1. The van der Waals surface area contributed by atoms with Gasteiger partial charge in [0.15, 0.2) is 0 Å². The molecule has 3 aromatic rings. The molecule has 0 aliphatic heterocycles. The molecule has 24 heavy (non-hydrogen) atoms. The van der Waals surface area contributed by atoms with Gasteiger partial charge in [0.1, 0.15) is 0 Å². The Morgan fingerprint density at radius 3 is 2.17 bits per heavy atom. The molecule has 0 N–H and O–H groups in total. The molecule has 0 bridgehead atoms. The zero-order valence-electron chi connectivity index (χ0n) is 13.2. The van der Waals surface area contributed by atoms with E-state index in [4.69, 9.17) is 0 Å². The molecular formula is C20H17F3S. The lowest BCUT2D eigenvalue weighted by molar-refractivity contribution is -0.137. The van der Waals surface area contributed by atoms with Gasteiger partial charge in [-0.05, 0) is 54.7 Å². The molecule has 0 saturated heterocycles. The second-order valence-electron chi connectivity index (χ2n) is 5.78. The summed E-state index contributed by atoms with van der Waals surface area (Å²) >= 11 is 1.66. The van der Waals surface area contributed by atoms with E-state index in [2.05, 4.69) is 25.1 Å². The van der Waals surface area contributed by atoms with Crippen LogP contribution >= 0.6 is 11.3 Å². The van der Waals surface area contributed by atoms with E-state index in [1.165, 1.54) is 16.0 Å². The van der Waals surface area contributed by atoms with E-state index in [1.807, 2.05) is 18.2 Å². The highest BCUT2D eigenvalue weighted by molar-refractivity contribution is 7.15. The van der Waals surface area contributed by atoms with Crippen molar-refractivity contribution in [2.75, 3.05) is 0 Å². The summed E-state index contributed by atoms with van der Waals surface area (Å²) in [5, 5.41) is 0. The van der Waals surface area contributed by atoms with Crippen molar-refractivity contribution >= 4 is 11.3 Å². The second-order valence-corrected chi connectivity index (χ2v) is 6.91. The fourth-order valence-corrected chi connectivity index (χ4v) is 3.82. The van der Waals surface area contributed by atoms with Crippen LogP contribution in [0, 0.1) is 6.92 Å². The number of hydrogen-bond donors (Lipinski definition) is 0. The quantitative estimate of drug-likeness (QED) is 0.504. The Balaban J connectivity index is 1.76. The van der Waals surface area contributed by atoms with Gasteiger partial charge in [-0.2, -0.15) is 13.2 Å². The number of halogens is 3. The van der Waals surface area contributed by atoms with Crippen molar-refractivity contribution in [2.24, 2.45) is 0 Å². The van der Waals surface area contributed by atoms with Crippen LogP contribution in [0.25, 0.3) is 10.4 Å². The first kappa shape index (κ1) is 16.8. The zero-order chi connectivity index (χ0) is 17.2. The first-order valence-electron chi connectivity index (χ1n) is 7.74. The second kappa shape index (κ2) is 6.81. The van der Waals surface area contributed by atoms with Crippen LogP contribution in [-0.2, 0) is 19.0 Å². The molecule has 1 aromatic heterocycles. The van der Waals surface area contributed by atoms with Crippen LogP contribution in [0.3, 0.4) is 0 Å². The standard InChI is InChI=1S/C20H17F3S/c1-14-13-19(16-8-10-17(11-9-16)20(21,22)23)24-18(14)12-7-15-5-3-2-4-6-15/h2-6,8-11,13H,7,12H2,1H3. The summed E-state index contributed by atoms with van der Waals surface area (Å²) in [6.45, 7) is 2.06. The summed E-state index contributed by atoms with van der Waals surface area (Å²) in [4.78, 5) is 2.30. The first-order valence-corrected chi connectivity index (χ1v) is 8.56. The Bertz CT molecular complexity index is 799. The Morgan fingerprint density at radius 2 is 1.54 bits per heavy atom. The number of aryl methyl sites for hydroxylation is 3. The molecule has 4 heteroatoms. The lowest BCUT2D eigenvalue weighted by atomic mass is 10.1. The van der Waals surface area contributed by atoms with Gasteiger partial charge in [0, 0.05) is 9.75 Å². The van der Waals surface area contributed by atoms with Gasteiger partial charge in [-0.1, -0.05) is 42.5 Å². The Morgan fingerprint density at radius 1 is 0.875 bits per heavy atom. The summed E-state index contributed by atoms with van der Waals surface area (Å²) in [5.41, 5.74) is 2.72. The van der Waals surface area contributed by atoms with E-state index in [0.29, 0.717) is 0 Å². The highest BCUT2D eigenvalue weighted by Gasteiger charge is 2.30. The van der Waals surface area contributed by atoms with Crippen LogP contribution in [0.15, 0.2) is 60.7 Å². The summed E-state index contributed by atoms with van der Waals surface area (Å²) in [5.74, 6) is 0. The topological polar surface area (TPSA) is 0 Å². The largest absolute Gasteiger partial charge is 0.416 e. The highest BCUT2D eigenvalue weighted by Crippen LogP contribution is 2.35. The highest BCUT2D eigenvalue weighted by atomic mass is 32.1. The summed E-state index contributed by atoms with van der Waals surface area (Å²) in [6, 6.07) is 17.7. The summed E-state index contributed by atoms with van der Waals surface area (Å²) in [6.07, 6.45) is -2.37. The Hall–Kier alpha value is -2.07. The SMILES string of the molecule is Cc1cc(-c2ccc(C(F)(F)F)cc2)sc1CCc1ccccc1. The maximum Gasteiger partial charge on any atom is 0.416 e. The number of benzene rings is 2. The Labute approximate surface area is 143 Å². The van der Waals surface area contributed by atoms with Crippen LogP contribution in [0.1, 0.15) is 21.6 Å². The van der Waals surface area contributed by atoms with E-state index in [0.717, 1.165) is 35.4 Å². The van der Waals surface area contributed by atoms with Crippen molar-refractivity contribution < 1.29 is 13.2 Å². The van der Waals surface area contributed by atoms with Crippen molar-refractivity contribution in [3.05, 3.63) is 82.2 Å². The normalized spacial score (nSPS) is 11.7. The maximum absolute atomic E-state index is 12.7. The van der Waals surface area contributed by atoms with Crippen LogP contribution < -0.4 is 0 Å². The molecule has 2 aromatic carbocycles. The van der Waals surface area contributed by atoms with E-state index in [1.54, 1.807) is 23.5 Å². The molecule has 0 unspecified atom stereocenters.